The van der Waals surface area contributed by atoms with Crippen molar-refractivity contribution in [3.05, 3.63) is 19.4 Å². The standard InChI is InChI=1S/C13H17Cl2IN2O2/c1-5-6-13(3,4)20-12(19)18-10-7(2)17-11(15)8(14)9(10)16/h5-6H2,1-4H3,(H,18,19). The van der Waals surface area contributed by atoms with Gasteiger partial charge in [-0.3, -0.25) is 5.32 Å². The van der Waals surface area contributed by atoms with Crippen molar-refractivity contribution in [3.8, 4) is 0 Å². The Hall–Kier alpha value is -0.270. The number of carbonyl (C=O) groups is 1. The highest BCUT2D eigenvalue weighted by Crippen LogP contribution is 2.33. The van der Waals surface area contributed by atoms with E-state index in [1.807, 2.05) is 43.4 Å². The van der Waals surface area contributed by atoms with Crippen molar-refractivity contribution < 1.29 is 9.53 Å². The molecule has 1 N–H and O–H groups in total. The zero-order valence-electron chi connectivity index (χ0n) is 11.8. The number of pyridine rings is 1. The van der Waals surface area contributed by atoms with Crippen LogP contribution in [-0.4, -0.2) is 16.7 Å². The highest BCUT2D eigenvalue weighted by molar-refractivity contribution is 14.1. The zero-order chi connectivity index (χ0) is 15.5. The minimum absolute atomic E-state index is 0.221. The molecule has 112 valence electrons. The normalized spacial score (nSPS) is 11.3. The molecule has 1 heterocycles. The first-order chi connectivity index (χ1) is 9.18. The molecule has 20 heavy (non-hydrogen) atoms. The SMILES string of the molecule is CCCC(C)(C)OC(=O)Nc1c(C)nc(Cl)c(Cl)c1I. The molecular formula is C13H17Cl2IN2O2. The average molecular weight is 431 g/mol. The van der Waals surface area contributed by atoms with Crippen LogP contribution >= 0.6 is 45.8 Å². The molecule has 0 aliphatic carbocycles. The van der Waals surface area contributed by atoms with Crippen LogP contribution in [0.15, 0.2) is 0 Å². The Bertz CT molecular complexity index is 522. The highest BCUT2D eigenvalue weighted by Gasteiger charge is 2.23. The minimum atomic E-state index is -0.523. The molecule has 0 aromatic carbocycles. The topological polar surface area (TPSA) is 51.2 Å². The van der Waals surface area contributed by atoms with E-state index in [0.29, 0.717) is 20.0 Å². The predicted octanol–water partition coefficient (Wildman–Crippen LogP) is 5.43. The van der Waals surface area contributed by atoms with Crippen LogP contribution in [0.25, 0.3) is 0 Å². The molecule has 1 amide bonds. The number of halogens is 3. The quantitative estimate of drug-likeness (QED) is 0.511. The number of aromatic nitrogens is 1. The van der Waals surface area contributed by atoms with E-state index >= 15 is 0 Å². The van der Waals surface area contributed by atoms with Gasteiger partial charge >= 0.3 is 6.09 Å². The molecule has 7 heteroatoms. The lowest BCUT2D eigenvalue weighted by Crippen LogP contribution is -2.30. The van der Waals surface area contributed by atoms with Gasteiger partial charge in [-0.05, 0) is 49.8 Å². The summed E-state index contributed by atoms with van der Waals surface area (Å²) in [6, 6.07) is 0. The van der Waals surface area contributed by atoms with Crippen LogP contribution in [0.1, 0.15) is 39.3 Å². The zero-order valence-corrected chi connectivity index (χ0v) is 15.5. The fourth-order valence-electron chi connectivity index (χ4n) is 1.79. The van der Waals surface area contributed by atoms with E-state index in [-0.39, 0.29) is 5.15 Å². The molecular weight excluding hydrogens is 414 g/mol. The van der Waals surface area contributed by atoms with E-state index in [1.165, 1.54) is 0 Å². The number of rotatable bonds is 4. The van der Waals surface area contributed by atoms with Crippen LogP contribution in [0.5, 0.6) is 0 Å². The Morgan fingerprint density at radius 3 is 2.60 bits per heavy atom. The van der Waals surface area contributed by atoms with Gasteiger partial charge in [0.25, 0.3) is 0 Å². The van der Waals surface area contributed by atoms with E-state index in [0.717, 1.165) is 12.8 Å². The molecule has 0 bridgehead atoms. The number of nitrogens with one attached hydrogen (secondary N) is 1. The second-order valence-corrected chi connectivity index (χ2v) is 6.83. The minimum Gasteiger partial charge on any atom is -0.443 e. The van der Waals surface area contributed by atoms with Gasteiger partial charge in [-0.25, -0.2) is 9.78 Å². The summed E-state index contributed by atoms with van der Waals surface area (Å²) in [5.41, 5.74) is 0.605. The Labute approximate surface area is 142 Å². The molecule has 0 saturated heterocycles. The second kappa shape index (κ2) is 7.13. The fourth-order valence-corrected chi connectivity index (χ4v) is 3.09. The van der Waals surface area contributed by atoms with Gasteiger partial charge in [-0.2, -0.15) is 0 Å². The number of carbonyl (C=O) groups excluding carboxylic acids is 1. The fraction of sp³-hybridized carbons (Fsp3) is 0.538. The number of anilines is 1. The summed E-state index contributed by atoms with van der Waals surface area (Å²) in [4.78, 5) is 16.0. The lowest BCUT2D eigenvalue weighted by molar-refractivity contribution is 0.0419. The first kappa shape index (κ1) is 17.8. The van der Waals surface area contributed by atoms with Gasteiger partial charge in [0, 0.05) is 0 Å². The Morgan fingerprint density at radius 1 is 1.45 bits per heavy atom. The summed E-state index contributed by atoms with van der Waals surface area (Å²) < 4.78 is 6.05. The number of nitrogens with zero attached hydrogens (tertiary/aromatic N) is 1. The van der Waals surface area contributed by atoms with E-state index < -0.39 is 11.7 Å². The van der Waals surface area contributed by atoms with E-state index in [1.54, 1.807) is 6.92 Å². The van der Waals surface area contributed by atoms with Crippen LogP contribution in [0.4, 0.5) is 10.5 Å². The molecule has 0 aliphatic heterocycles. The Morgan fingerprint density at radius 2 is 2.05 bits per heavy atom. The van der Waals surface area contributed by atoms with Gasteiger partial charge in [0.15, 0.2) is 0 Å². The molecule has 0 atom stereocenters. The van der Waals surface area contributed by atoms with Crippen molar-refractivity contribution in [2.75, 3.05) is 5.32 Å². The van der Waals surface area contributed by atoms with Crippen molar-refractivity contribution in [1.82, 2.24) is 4.98 Å². The van der Waals surface area contributed by atoms with Gasteiger partial charge in [0.1, 0.15) is 10.8 Å². The number of aryl methyl sites for hydroxylation is 1. The molecule has 0 fully saturated rings. The van der Waals surface area contributed by atoms with Crippen molar-refractivity contribution >= 4 is 57.6 Å². The van der Waals surface area contributed by atoms with Crippen LogP contribution < -0.4 is 5.32 Å². The molecule has 0 spiro atoms. The summed E-state index contributed by atoms with van der Waals surface area (Å²) in [7, 11) is 0. The molecule has 0 radical (unpaired) electrons. The van der Waals surface area contributed by atoms with Crippen molar-refractivity contribution in [1.29, 1.82) is 0 Å². The van der Waals surface area contributed by atoms with Crippen molar-refractivity contribution in [3.63, 3.8) is 0 Å². The Balaban J connectivity index is 2.89. The average Bonchev–Trinajstić information content (AvgIpc) is 2.31. The molecule has 1 rings (SSSR count). The number of ether oxygens (including phenoxy) is 1. The molecule has 0 aliphatic rings. The summed E-state index contributed by atoms with van der Waals surface area (Å²) in [5, 5.41) is 3.23. The Kier molecular flexibility index (Phi) is 6.34. The predicted molar refractivity (Wildman–Crippen MR) is 90.8 cm³/mol. The third kappa shape index (κ3) is 4.63. The maximum Gasteiger partial charge on any atom is 0.412 e. The summed E-state index contributed by atoms with van der Waals surface area (Å²) in [5.74, 6) is 0. The van der Waals surface area contributed by atoms with Gasteiger partial charge < -0.3 is 4.74 Å². The van der Waals surface area contributed by atoms with E-state index in [9.17, 15) is 4.79 Å². The molecule has 0 unspecified atom stereocenters. The maximum atomic E-state index is 12.0. The van der Waals surface area contributed by atoms with Crippen LogP contribution in [-0.2, 0) is 4.74 Å². The lowest BCUT2D eigenvalue weighted by atomic mass is 10.0. The van der Waals surface area contributed by atoms with E-state index in [2.05, 4.69) is 10.3 Å². The van der Waals surface area contributed by atoms with Crippen LogP contribution in [0.3, 0.4) is 0 Å². The van der Waals surface area contributed by atoms with Crippen molar-refractivity contribution in [2.45, 2.75) is 46.1 Å². The maximum absolute atomic E-state index is 12.0. The third-order valence-corrected chi connectivity index (χ3v) is 4.80. The van der Waals surface area contributed by atoms with Crippen LogP contribution in [0, 0.1) is 10.5 Å². The summed E-state index contributed by atoms with van der Waals surface area (Å²) in [6.45, 7) is 7.54. The largest absolute Gasteiger partial charge is 0.443 e. The van der Waals surface area contributed by atoms with Gasteiger partial charge in [0.2, 0.25) is 0 Å². The molecule has 1 aromatic rings. The van der Waals surface area contributed by atoms with Gasteiger partial charge in [-0.1, -0.05) is 36.5 Å². The monoisotopic (exact) mass is 430 g/mol. The number of amides is 1. The molecule has 4 nitrogen and oxygen atoms in total. The van der Waals surface area contributed by atoms with E-state index in [4.69, 9.17) is 27.9 Å². The molecule has 0 saturated carbocycles. The van der Waals surface area contributed by atoms with Gasteiger partial charge in [0.05, 0.1) is 20.0 Å². The lowest BCUT2D eigenvalue weighted by Gasteiger charge is -2.25. The molecule has 1 aromatic heterocycles. The van der Waals surface area contributed by atoms with Gasteiger partial charge in [-0.15, -0.1) is 0 Å². The first-order valence-corrected chi connectivity index (χ1v) is 8.02. The second-order valence-electron chi connectivity index (χ2n) is 5.02. The summed E-state index contributed by atoms with van der Waals surface area (Å²) in [6.07, 6.45) is 1.20. The van der Waals surface area contributed by atoms with Crippen LogP contribution in [0.2, 0.25) is 10.2 Å². The first-order valence-electron chi connectivity index (χ1n) is 6.19. The third-order valence-electron chi connectivity index (χ3n) is 2.67. The number of hydrogen-bond acceptors (Lipinski definition) is 3. The summed E-state index contributed by atoms with van der Waals surface area (Å²) >= 11 is 13.9. The highest BCUT2D eigenvalue weighted by atomic mass is 127. The van der Waals surface area contributed by atoms with Crippen molar-refractivity contribution in [2.24, 2.45) is 0 Å². The number of hydrogen-bond donors (Lipinski definition) is 1. The smallest absolute Gasteiger partial charge is 0.412 e.